The van der Waals surface area contributed by atoms with Crippen molar-refractivity contribution in [3.05, 3.63) is 87.7 Å². The number of hydrogen-bond donors (Lipinski definition) is 2. The van der Waals surface area contributed by atoms with Crippen LogP contribution in [0.15, 0.2) is 48.7 Å². The van der Waals surface area contributed by atoms with Gasteiger partial charge in [-0.2, -0.15) is 13.2 Å². The van der Waals surface area contributed by atoms with Crippen molar-refractivity contribution in [2.24, 2.45) is 0 Å². The van der Waals surface area contributed by atoms with E-state index in [0.29, 0.717) is 35.2 Å². The summed E-state index contributed by atoms with van der Waals surface area (Å²) >= 11 is 0. The van der Waals surface area contributed by atoms with E-state index in [9.17, 15) is 22.8 Å². The maximum atomic E-state index is 14.0. The van der Waals surface area contributed by atoms with Crippen LogP contribution in [-0.2, 0) is 12.7 Å². The van der Waals surface area contributed by atoms with Crippen molar-refractivity contribution >= 4 is 32.0 Å². The summed E-state index contributed by atoms with van der Waals surface area (Å²) in [7, 11) is 4.50. The maximum absolute atomic E-state index is 14.0. The number of pyridine rings is 1. The van der Waals surface area contributed by atoms with Crippen LogP contribution in [0.2, 0.25) is 0 Å². The Morgan fingerprint density at radius 1 is 1.02 bits per heavy atom. The highest BCUT2D eigenvalue weighted by Crippen LogP contribution is 2.35. The zero-order valence-electron chi connectivity index (χ0n) is 24.0. The molecule has 0 radical (unpaired) electrons. The molecule has 1 aromatic heterocycles. The summed E-state index contributed by atoms with van der Waals surface area (Å²) in [6.07, 6.45) is -1.06. The Balaban J connectivity index is 1.30. The molecule has 224 valence electrons. The van der Waals surface area contributed by atoms with Crippen LogP contribution in [0, 0.1) is 18.8 Å². The number of piperazine rings is 1. The standard InChI is InChI=1S/C32H33F3N5O2P/c1-20-3-5-23(16-22(20)6-4-21-15-28(43)29(36-18-21)31(42)37-25-9-10-25)30(41)38-26-8-7-24(27(17-26)32(33,34)35)19-40-13-11-39(2)12-14-40/h3,5,7-8,15-18,25H,9-14,19,43H2,1-2H3,(H,37,42)(H,38,41). The molecule has 2 amide bonds. The number of aryl methyl sites for hydroxylation is 1. The fraction of sp³-hybridized carbons (Fsp3) is 0.344. The molecule has 2 aromatic carbocycles. The predicted octanol–water partition coefficient (Wildman–Crippen LogP) is 4.20. The molecule has 1 atom stereocenters. The molecule has 3 aromatic rings. The summed E-state index contributed by atoms with van der Waals surface area (Å²) in [4.78, 5) is 33.8. The summed E-state index contributed by atoms with van der Waals surface area (Å²) in [5.41, 5.74) is 2.11. The molecule has 1 saturated carbocycles. The molecule has 1 saturated heterocycles. The average molecular weight is 608 g/mol. The van der Waals surface area contributed by atoms with E-state index in [0.717, 1.165) is 37.6 Å². The third-order valence-corrected chi connectivity index (χ3v) is 7.99. The number of likely N-dealkylation sites (N-methyl/N-ethyl adjacent to an activating group) is 1. The Hall–Kier alpha value is -3.77. The van der Waals surface area contributed by atoms with Crippen molar-refractivity contribution in [2.75, 3.05) is 38.5 Å². The van der Waals surface area contributed by atoms with Gasteiger partial charge in [-0.3, -0.25) is 14.5 Å². The van der Waals surface area contributed by atoms with Gasteiger partial charge in [-0.15, -0.1) is 9.24 Å². The Bertz CT molecular complexity index is 1600. The summed E-state index contributed by atoms with van der Waals surface area (Å²) in [5, 5.41) is 6.15. The molecule has 0 spiro atoms. The van der Waals surface area contributed by atoms with Gasteiger partial charge >= 0.3 is 6.18 Å². The Morgan fingerprint density at radius 2 is 1.77 bits per heavy atom. The number of carbonyl (C=O) groups is 2. The number of alkyl halides is 3. The lowest BCUT2D eigenvalue weighted by Crippen LogP contribution is -2.44. The minimum Gasteiger partial charge on any atom is -0.348 e. The molecule has 2 N–H and O–H groups in total. The zero-order valence-corrected chi connectivity index (χ0v) is 25.2. The molecule has 1 aliphatic carbocycles. The Kier molecular flexibility index (Phi) is 9.16. The molecule has 43 heavy (non-hydrogen) atoms. The average Bonchev–Trinajstić information content (AvgIpc) is 3.78. The van der Waals surface area contributed by atoms with Crippen molar-refractivity contribution in [1.82, 2.24) is 20.1 Å². The molecule has 2 fully saturated rings. The van der Waals surface area contributed by atoms with Crippen LogP contribution in [0.3, 0.4) is 0 Å². The number of nitrogens with zero attached hydrogens (tertiary/aromatic N) is 3. The SMILES string of the molecule is Cc1ccc(C(=O)Nc2ccc(CN3CCN(C)CC3)c(C(F)(F)F)c2)cc1C#Cc1cnc(C(=O)NC2CC2)c(P)c1. The first kappa shape index (κ1) is 30.7. The molecule has 1 unspecified atom stereocenters. The zero-order chi connectivity index (χ0) is 30.7. The molecular weight excluding hydrogens is 574 g/mol. The molecule has 7 nitrogen and oxygen atoms in total. The van der Waals surface area contributed by atoms with E-state index < -0.39 is 17.6 Å². The van der Waals surface area contributed by atoms with Crippen molar-refractivity contribution < 1.29 is 22.8 Å². The van der Waals surface area contributed by atoms with Crippen LogP contribution in [0.1, 0.15) is 61.5 Å². The van der Waals surface area contributed by atoms with E-state index >= 15 is 0 Å². The van der Waals surface area contributed by atoms with E-state index in [1.165, 1.54) is 18.3 Å². The van der Waals surface area contributed by atoms with Gasteiger partial charge in [0, 0.05) is 72.6 Å². The van der Waals surface area contributed by atoms with Gasteiger partial charge in [0.15, 0.2) is 0 Å². The summed E-state index contributed by atoms with van der Waals surface area (Å²) in [6.45, 7) is 5.05. The van der Waals surface area contributed by atoms with E-state index in [2.05, 4.69) is 41.6 Å². The van der Waals surface area contributed by atoms with Crippen LogP contribution < -0.4 is 15.9 Å². The van der Waals surface area contributed by atoms with Gasteiger partial charge in [0.05, 0.1) is 5.56 Å². The minimum absolute atomic E-state index is 0.0672. The summed E-state index contributed by atoms with van der Waals surface area (Å²) in [6, 6.07) is 10.9. The number of rotatable bonds is 6. The number of anilines is 1. The Morgan fingerprint density at radius 3 is 2.44 bits per heavy atom. The first-order valence-corrected chi connectivity index (χ1v) is 14.7. The van der Waals surface area contributed by atoms with Crippen molar-refractivity contribution in [3.8, 4) is 11.8 Å². The van der Waals surface area contributed by atoms with Gasteiger partial charge in [-0.25, -0.2) is 4.98 Å². The number of aromatic nitrogens is 1. The van der Waals surface area contributed by atoms with Gasteiger partial charge < -0.3 is 15.5 Å². The molecule has 2 heterocycles. The molecule has 0 bridgehead atoms. The summed E-state index contributed by atoms with van der Waals surface area (Å²) in [5.74, 6) is 5.32. The number of halogens is 3. The van der Waals surface area contributed by atoms with E-state index in [1.807, 2.05) is 18.9 Å². The number of hydrogen-bond acceptors (Lipinski definition) is 5. The maximum Gasteiger partial charge on any atom is 0.416 e. The van der Waals surface area contributed by atoms with Crippen LogP contribution in [-0.4, -0.2) is 65.9 Å². The predicted molar refractivity (Wildman–Crippen MR) is 163 cm³/mol. The lowest BCUT2D eigenvalue weighted by Gasteiger charge is -2.33. The molecular formula is C32H33F3N5O2P. The van der Waals surface area contributed by atoms with Crippen LogP contribution in [0.25, 0.3) is 0 Å². The van der Waals surface area contributed by atoms with Gasteiger partial charge in [-0.05, 0) is 68.3 Å². The second-order valence-corrected chi connectivity index (χ2v) is 11.7. The first-order valence-electron chi connectivity index (χ1n) is 14.1. The van der Waals surface area contributed by atoms with E-state index in [-0.39, 0.29) is 35.3 Å². The lowest BCUT2D eigenvalue weighted by molar-refractivity contribution is -0.138. The third-order valence-electron chi connectivity index (χ3n) is 7.55. The number of carbonyl (C=O) groups excluding carboxylic acids is 2. The van der Waals surface area contributed by atoms with Gasteiger partial charge in [-0.1, -0.05) is 24.0 Å². The number of amides is 2. The molecule has 5 rings (SSSR count). The van der Waals surface area contributed by atoms with Gasteiger partial charge in [0.1, 0.15) is 5.69 Å². The van der Waals surface area contributed by atoms with Gasteiger partial charge in [0.25, 0.3) is 11.8 Å². The second-order valence-electron chi connectivity index (χ2n) is 11.1. The normalized spacial score (nSPS) is 15.9. The third kappa shape index (κ3) is 7.99. The number of benzene rings is 2. The fourth-order valence-corrected chi connectivity index (χ4v) is 5.15. The highest BCUT2D eigenvalue weighted by Gasteiger charge is 2.34. The van der Waals surface area contributed by atoms with E-state index in [4.69, 9.17) is 0 Å². The van der Waals surface area contributed by atoms with Gasteiger partial charge in [0.2, 0.25) is 0 Å². The summed E-state index contributed by atoms with van der Waals surface area (Å²) < 4.78 is 42.0. The van der Waals surface area contributed by atoms with Crippen LogP contribution in [0.5, 0.6) is 0 Å². The largest absolute Gasteiger partial charge is 0.416 e. The lowest BCUT2D eigenvalue weighted by atomic mass is 10.0. The number of nitrogens with one attached hydrogen (secondary N) is 2. The Labute approximate surface area is 251 Å². The molecule has 11 heteroatoms. The topological polar surface area (TPSA) is 77.6 Å². The van der Waals surface area contributed by atoms with Crippen molar-refractivity contribution in [1.29, 1.82) is 0 Å². The molecule has 1 aliphatic heterocycles. The van der Waals surface area contributed by atoms with E-state index in [1.54, 1.807) is 24.3 Å². The molecule has 2 aliphatic rings. The monoisotopic (exact) mass is 607 g/mol. The van der Waals surface area contributed by atoms with Crippen molar-refractivity contribution in [3.63, 3.8) is 0 Å². The first-order chi connectivity index (χ1) is 20.5. The smallest absolute Gasteiger partial charge is 0.348 e. The fourth-order valence-electron chi connectivity index (χ4n) is 4.76. The van der Waals surface area contributed by atoms with Crippen LogP contribution >= 0.6 is 9.24 Å². The highest BCUT2D eigenvalue weighted by molar-refractivity contribution is 7.27. The quantitative estimate of drug-likeness (QED) is 0.325. The van der Waals surface area contributed by atoms with Crippen molar-refractivity contribution in [2.45, 2.75) is 38.5 Å². The van der Waals surface area contributed by atoms with Crippen LogP contribution in [0.4, 0.5) is 18.9 Å². The highest BCUT2D eigenvalue weighted by atomic mass is 31.0. The minimum atomic E-state index is -4.56. The second kappa shape index (κ2) is 12.8.